The Morgan fingerprint density at radius 2 is 1.90 bits per heavy atom. The first-order valence-corrected chi connectivity index (χ1v) is 4.01. The van der Waals surface area contributed by atoms with Gasteiger partial charge in [-0.2, -0.15) is 0 Å². The van der Waals surface area contributed by atoms with Crippen LogP contribution >= 0.6 is 12.4 Å². The summed E-state index contributed by atoms with van der Waals surface area (Å²) in [4.78, 5) is 0. The van der Waals surface area contributed by atoms with Gasteiger partial charge in [0.15, 0.2) is 5.44 Å². The summed E-state index contributed by atoms with van der Waals surface area (Å²) < 4.78 is 21.2. The van der Waals surface area contributed by atoms with Crippen LogP contribution in [-0.4, -0.2) is 19.0 Å². The second-order valence-electron chi connectivity index (χ2n) is 1.69. The standard InChI is InChI=1S/C5H6O3S.ClH/c6-5-3-1-2-4-9(5,7)8;/h1-6H;1H. The van der Waals surface area contributed by atoms with Crippen molar-refractivity contribution in [3.8, 4) is 0 Å². The fourth-order valence-corrected chi connectivity index (χ4v) is 1.28. The molecule has 0 saturated heterocycles. The molecule has 0 fully saturated rings. The molecule has 0 spiro atoms. The molecule has 1 atom stereocenters. The van der Waals surface area contributed by atoms with E-state index in [2.05, 4.69) is 0 Å². The molecule has 0 aliphatic carbocycles. The van der Waals surface area contributed by atoms with Crippen molar-refractivity contribution in [3.63, 3.8) is 0 Å². The van der Waals surface area contributed by atoms with E-state index in [0.717, 1.165) is 5.41 Å². The monoisotopic (exact) mass is 182 g/mol. The normalized spacial score (nSPS) is 27.5. The number of hydrogen-bond donors (Lipinski definition) is 1. The van der Waals surface area contributed by atoms with Crippen LogP contribution in [0.2, 0.25) is 0 Å². The molecule has 10 heavy (non-hydrogen) atoms. The van der Waals surface area contributed by atoms with Crippen molar-refractivity contribution in [2.24, 2.45) is 0 Å². The second kappa shape index (κ2) is 3.18. The van der Waals surface area contributed by atoms with E-state index in [1.54, 1.807) is 0 Å². The highest BCUT2D eigenvalue weighted by atomic mass is 35.5. The van der Waals surface area contributed by atoms with Gasteiger partial charge in [-0.1, -0.05) is 12.2 Å². The van der Waals surface area contributed by atoms with Crippen molar-refractivity contribution < 1.29 is 13.5 Å². The lowest BCUT2D eigenvalue weighted by atomic mass is 10.5. The Morgan fingerprint density at radius 1 is 1.30 bits per heavy atom. The zero-order valence-corrected chi connectivity index (χ0v) is 6.60. The number of hydrogen-bond acceptors (Lipinski definition) is 3. The SMILES string of the molecule is Cl.O=S1(=O)C=CC=CC1O. The smallest absolute Gasteiger partial charge is 0.201 e. The molecule has 3 nitrogen and oxygen atoms in total. The van der Waals surface area contributed by atoms with Gasteiger partial charge in [-0.05, 0) is 6.08 Å². The van der Waals surface area contributed by atoms with Crippen LogP contribution in [0.15, 0.2) is 23.6 Å². The number of rotatable bonds is 0. The predicted molar refractivity (Wildman–Crippen MR) is 40.5 cm³/mol. The number of aliphatic hydroxyl groups excluding tert-OH is 1. The van der Waals surface area contributed by atoms with E-state index >= 15 is 0 Å². The van der Waals surface area contributed by atoms with Crippen molar-refractivity contribution >= 4 is 22.2 Å². The fraction of sp³-hybridized carbons (Fsp3) is 0.200. The van der Waals surface area contributed by atoms with Gasteiger partial charge in [-0.15, -0.1) is 12.4 Å². The summed E-state index contributed by atoms with van der Waals surface area (Å²) in [5.74, 6) is 0. The highest BCUT2D eigenvalue weighted by Crippen LogP contribution is 2.07. The van der Waals surface area contributed by atoms with Crippen LogP contribution in [0.5, 0.6) is 0 Å². The molecule has 1 aliphatic heterocycles. The summed E-state index contributed by atoms with van der Waals surface area (Å²) in [6, 6.07) is 0. The zero-order chi connectivity index (χ0) is 6.91. The van der Waals surface area contributed by atoms with Crippen molar-refractivity contribution in [1.29, 1.82) is 0 Å². The minimum Gasteiger partial charge on any atom is -0.373 e. The second-order valence-corrected chi connectivity index (χ2v) is 3.63. The third kappa shape index (κ3) is 1.83. The quantitative estimate of drug-likeness (QED) is 0.584. The molecule has 58 valence electrons. The molecular weight excluding hydrogens is 176 g/mol. The first-order chi connectivity index (χ1) is 4.13. The molecule has 0 saturated carbocycles. The van der Waals surface area contributed by atoms with E-state index < -0.39 is 15.3 Å². The Bertz CT molecular complexity index is 252. The highest BCUT2D eigenvalue weighted by molar-refractivity contribution is 7.94. The maximum absolute atomic E-state index is 10.6. The fourth-order valence-electron chi connectivity index (χ4n) is 0.504. The number of halogens is 1. The molecule has 1 aliphatic rings. The lowest BCUT2D eigenvalue weighted by Crippen LogP contribution is -2.16. The Morgan fingerprint density at radius 3 is 2.20 bits per heavy atom. The summed E-state index contributed by atoms with van der Waals surface area (Å²) in [5.41, 5.74) is -1.34. The van der Waals surface area contributed by atoms with Gasteiger partial charge in [-0.25, -0.2) is 8.42 Å². The molecule has 1 heterocycles. The number of allylic oxidation sites excluding steroid dienone is 2. The molecule has 1 unspecified atom stereocenters. The Kier molecular flexibility index (Phi) is 3.08. The maximum Gasteiger partial charge on any atom is 0.201 e. The van der Waals surface area contributed by atoms with E-state index in [0.29, 0.717) is 0 Å². The van der Waals surface area contributed by atoms with Crippen LogP contribution in [0.3, 0.4) is 0 Å². The molecule has 0 amide bonds. The first kappa shape index (κ1) is 9.68. The largest absolute Gasteiger partial charge is 0.373 e. The summed E-state index contributed by atoms with van der Waals surface area (Å²) >= 11 is 0. The zero-order valence-electron chi connectivity index (χ0n) is 4.97. The summed E-state index contributed by atoms with van der Waals surface area (Å²) in [5, 5.41) is 9.69. The Balaban J connectivity index is 0.000000810. The molecule has 5 heteroatoms. The number of aliphatic hydroxyl groups is 1. The third-order valence-electron chi connectivity index (χ3n) is 0.992. The van der Waals surface area contributed by atoms with Gasteiger partial charge in [0.2, 0.25) is 9.84 Å². The van der Waals surface area contributed by atoms with Crippen LogP contribution in [0, 0.1) is 0 Å². The lowest BCUT2D eigenvalue weighted by Gasteiger charge is -2.04. The van der Waals surface area contributed by atoms with E-state index in [9.17, 15) is 8.42 Å². The van der Waals surface area contributed by atoms with Gasteiger partial charge in [0.05, 0.1) is 0 Å². The van der Waals surface area contributed by atoms with E-state index in [-0.39, 0.29) is 12.4 Å². The Hall–Kier alpha value is -0.320. The molecule has 0 aromatic rings. The van der Waals surface area contributed by atoms with Gasteiger partial charge in [0.25, 0.3) is 0 Å². The lowest BCUT2D eigenvalue weighted by molar-refractivity contribution is 0.295. The average molecular weight is 183 g/mol. The van der Waals surface area contributed by atoms with Crippen molar-refractivity contribution in [3.05, 3.63) is 23.6 Å². The molecule has 0 radical (unpaired) electrons. The van der Waals surface area contributed by atoms with Gasteiger partial charge < -0.3 is 5.11 Å². The topological polar surface area (TPSA) is 54.4 Å². The highest BCUT2D eigenvalue weighted by Gasteiger charge is 2.17. The summed E-state index contributed by atoms with van der Waals surface area (Å²) in [7, 11) is -3.37. The summed E-state index contributed by atoms with van der Waals surface area (Å²) in [6.07, 6.45) is 4.09. The Labute approximate surface area is 65.4 Å². The number of sulfone groups is 1. The maximum atomic E-state index is 10.6. The predicted octanol–water partition coefficient (Wildman–Crippen LogP) is 0.225. The first-order valence-electron chi connectivity index (χ1n) is 2.40. The molecular formula is C5H7ClO3S. The van der Waals surface area contributed by atoms with Gasteiger partial charge >= 0.3 is 0 Å². The minimum absolute atomic E-state index is 0. The van der Waals surface area contributed by atoms with E-state index in [4.69, 9.17) is 5.11 Å². The van der Waals surface area contributed by atoms with Crippen molar-refractivity contribution in [1.82, 2.24) is 0 Å². The average Bonchev–Trinajstić information content (AvgIpc) is 1.77. The summed E-state index contributed by atoms with van der Waals surface area (Å²) in [6.45, 7) is 0. The molecule has 1 N–H and O–H groups in total. The van der Waals surface area contributed by atoms with Crippen LogP contribution in [0.1, 0.15) is 0 Å². The van der Waals surface area contributed by atoms with Crippen LogP contribution in [-0.2, 0) is 9.84 Å². The molecule has 0 bridgehead atoms. The van der Waals surface area contributed by atoms with Gasteiger partial charge in [0.1, 0.15) is 0 Å². The minimum atomic E-state index is -3.37. The van der Waals surface area contributed by atoms with Gasteiger partial charge in [0, 0.05) is 5.41 Å². The van der Waals surface area contributed by atoms with Crippen LogP contribution in [0.4, 0.5) is 0 Å². The van der Waals surface area contributed by atoms with Crippen LogP contribution in [0.25, 0.3) is 0 Å². The molecule has 0 aromatic heterocycles. The van der Waals surface area contributed by atoms with E-state index in [1.165, 1.54) is 18.2 Å². The van der Waals surface area contributed by atoms with Crippen molar-refractivity contribution in [2.45, 2.75) is 5.44 Å². The van der Waals surface area contributed by atoms with E-state index in [1.807, 2.05) is 0 Å². The van der Waals surface area contributed by atoms with Gasteiger partial charge in [-0.3, -0.25) is 0 Å². The van der Waals surface area contributed by atoms with Crippen molar-refractivity contribution in [2.75, 3.05) is 0 Å². The molecule has 1 rings (SSSR count). The van der Waals surface area contributed by atoms with Crippen LogP contribution < -0.4 is 0 Å². The molecule has 0 aromatic carbocycles. The third-order valence-corrected chi connectivity index (χ3v) is 2.36.